The number of ether oxygens (including phenoxy) is 1. The third-order valence-electron chi connectivity index (χ3n) is 4.43. The van der Waals surface area contributed by atoms with Crippen molar-refractivity contribution >= 4 is 5.78 Å². The largest absolute Gasteiger partial charge is 0.493 e. The van der Waals surface area contributed by atoms with Crippen LogP contribution < -0.4 is 4.74 Å². The fourth-order valence-electron chi connectivity index (χ4n) is 3.37. The molecule has 1 unspecified atom stereocenters. The number of Topliss-reactive ketones (excluding diaryl/α,β-unsaturated/α-hetero) is 1. The van der Waals surface area contributed by atoms with Crippen LogP contribution in [0.1, 0.15) is 28.8 Å². The van der Waals surface area contributed by atoms with Crippen molar-refractivity contribution in [3.63, 3.8) is 0 Å². The topological polar surface area (TPSA) is 32.8 Å². The van der Waals surface area contributed by atoms with E-state index in [-0.39, 0.29) is 5.78 Å². The summed E-state index contributed by atoms with van der Waals surface area (Å²) in [7, 11) is 4.19. The average molecular weight is 288 g/mol. The van der Waals surface area contributed by atoms with E-state index in [9.17, 15) is 4.79 Å². The number of fused-ring (bicyclic) bond motifs is 1. The van der Waals surface area contributed by atoms with Gasteiger partial charge in [0.1, 0.15) is 5.75 Å². The van der Waals surface area contributed by atoms with E-state index >= 15 is 0 Å². The maximum Gasteiger partial charge on any atom is 0.176 e. The van der Waals surface area contributed by atoms with Crippen LogP contribution >= 0.6 is 0 Å². The van der Waals surface area contributed by atoms with Crippen LogP contribution in [0.5, 0.6) is 5.75 Å². The lowest BCUT2D eigenvalue weighted by molar-refractivity contribution is 0.0910. The molecular formula is C17H24N2O2. The fraction of sp³-hybridized carbons (Fsp3) is 0.588. The summed E-state index contributed by atoms with van der Waals surface area (Å²) in [5.74, 6) is 1.17. The van der Waals surface area contributed by atoms with Crippen molar-refractivity contribution in [3.8, 4) is 5.75 Å². The molecule has 1 aromatic rings. The van der Waals surface area contributed by atoms with Gasteiger partial charge in [-0.2, -0.15) is 0 Å². The molecular weight excluding hydrogens is 264 g/mol. The van der Waals surface area contributed by atoms with Gasteiger partial charge >= 0.3 is 0 Å². The molecule has 21 heavy (non-hydrogen) atoms. The highest BCUT2D eigenvalue weighted by Gasteiger charge is 2.27. The van der Waals surface area contributed by atoms with Crippen molar-refractivity contribution in [1.29, 1.82) is 0 Å². The van der Waals surface area contributed by atoms with Gasteiger partial charge in [0, 0.05) is 24.6 Å². The van der Waals surface area contributed by atoms with Crippen LogP contribution in [0.4, 0.5) is 0 Å². The van der Waals surface area contributed by atoms with E-state index < -0.39 is 0 Å². The zero-order valence-corrected chi connectivity index (χ0v) is 13.0. The molecule has 114 valence electrons. The van der Waals surface area contributed by atoms with E-state index in [2.05, 4.69) is 23.9 Å². The van der Waals surface area contributed by atoms with Gasteiger partial charge in [-0.15, -0.1) is 0 Å². The molecule has 2 heterocycles. The van der Waals surface area contributed by atoms with Gasteiger partial charge in [-0.05, 0) is 57.2 Å². The minimum Gasteiger partial charge on any atom is -0.493 e. The molecule has 3 rings (SSSR count). The van der Waals surface area contributed by atoms with Crippen LogP contribution in [0, 0.1) is 0 Å². The Morgan fingerprint density at radius 1 is 1.43 bits per heavy atom. The fourth-order valence-corrected chi connectivity index (χ4v) is 3.37. The van der Waals surface area contributed by atoms with Crippen molar-refractivity contribution in [3.05, 3.63) is 29.3 Å². The minimum atomic E-state index is 0.232. The molecule has 0 radical (unpaired) electrons. The van der Waals surface area contributed by atoms with Gasteiger partial charge < -0.3 is 9.64 Å². The summed E-state index contributed by atoms with van der Waals surface area (Å²) >= 11 is 0. The molecule has 2 aliphatic rings. The van der Waals surface area contributed by atoms with Gasteiger partial charge in [-0.1, -0.05) is 0 Å². The molecule has 1 saturated heterocycles. The summed E-state index contributed by atoms with van der Waals surface area (Å²) < 4.78 is 5.50. The summed E-state index contributed by atoms with van der Waals surface area (Å²) in [6, 6.07) is 6.38. The van der Waals surface area contributed by atoms with Gasteiger partial charge in [-0.3, -0.25) is 9.69 Å². The van der Waals surface area contributed by atoms with Crippen LogP contribution in [-0.4, -0.2) is 62.0 Å². The van der Waals surface area contributed by atoms with E-state index in [0.29, 0.717) is 12.6 Å². The molecule has 1 atom stereocenters. The number of ketones is 1. The van der Waals surface area contributed by atoms with Crippen molar-refractivity contribution in [2.75, 3.05) is 40.3 Å². The molecule has 4 heteroatoms. The summed E-state index contributed by atoms with van der Waals surface area (Å²) in [6.07, 6.45) is 3.32. The first-order chi connectivity index (χ1) is 10.1. The summed E-state index contributed by atoms with van der Waals surface area (Å²) in [6.45, 7) is 3.35. The Balaban J connectivity index is 1.65. The number of carbonyl (C=O) groups excluding carboxylic acids is 1. The molecule has 0 N–H and O–H groups in total. The van der Waals surface area contributed by atoms with Gasteiger partial charge in [0.05, 0.1) is 13.2 Å². The Bertz CT molecular complexity index is 528. The van der Waals surface area contributed by atoms with Crippen molar-refractivity contribution in [1.82, 2.24) is 9.80 Å². The molecule has 0 saturated carbocycles. The normalized spacial score (nSPS) is 21.6. The Kier molecular flexibility index (Phi) is 4.27. The Morgan fingerprint density at radius 3 is 3.10 bits per heavy atom. The number of rotatable bonds is 5. The van der Waals surface area contributed by atoms with Crippen LogP contribution in [0.15, 0.2) is 18.2 Å². The second-order valence-electron chi connectivity index (χ2n) is 6.37. The summed E-state index contributed by atoms with van der Waals surface area (Å²) in [4.78, 5) is 17.1. The third-order valence-corrected chi connectivity index (χ3v) is 4.43. The highest BCUT2D eigenvalue weighted by Crippen LogP contribution is 2.26. The number of benzene rings is 1. The van der Waals surface area contributed by atoms with Crippen molar-refractivity contribution in [2.24, 2.45) is 0 Å². The molecule has 1 aromatic carbocycles. The number of nitrogens with zero attached hydrogens (tertiary/aromatic N) is 2. The number of carbonyl (C=O) groups is 1. The number of likely N-dealkylation sites (tertiary alicyclic amines) is 1. The minimum absolute atomic E-state index is 0.232. The highest BCUT2D eigenvalue weighted by atomic mass is 16.5. The van der Waals surface area contributed by atoms with Crippen LogP contribution in [-0.2, 0) is 6.42 Å². The number of likely N-dealkylation sites (N-methyl/N-ethyl adjacent to an activating group) is 1. The standard InChI is InChI=1S/C17H24N2O2/c1-18(2)11-15-4-3-8-19(15)12-16(20)13-5-6-17-14(10-13)7-9-21-17/h5-6,10,15H,3-4,7-9,11-12H2,1-2H3. The lowest BCUT2D eigenvalue weighted by atomic mass is 10.0. The second kappa shape index (κ2) is 6.16. The maximum atomic E-state index is 12.5. The smallest absolute Gasteiger partial charge is 0.176 e. The lowest BCUT2D eigenvalue weighted by Crippen LogP contribution is -2.40. The van der Waals surface area contributed by atoms with E-state index in [4.69, 9.17) is 4.74 Å². The second-order valence-corrected chi connectivity index (χ2v) is 6.37. The van der Waals surface area contributed by atoms with Crippen molar-refractivity contribution < 1.29 is 9.53 Å². The maximum absolute atomic E-state index is 12.5. The van der Waals surface area contributed by atoms with E-state index in [1.165, 1.54) is 18.4 Å². The first-order valence-electron chi connectivity index (χ1n) is 7.81. The van der Waals surface area contributed by atoms with Gasteiger partial charge in [-0.25, -0.2) is 0 Å². The first kappa shape index (κ1) is 14.5. The molecule has 0 bridgehead atoms. The number of hydrogen-bond acceptors (Lipinski definition) is 4. The zero-order chi connectivity index (χ0) is 14.8. The van der Waals surface area contributed by atoms with Gasteiger partial charge in [0.25, 0.3) is 0 Å². The molecule has 0 spiro atoms. The monoisotopic (exact) mass is 288 g/mol. The van der Waals surface area contributed by atoms with Crippen LogP contribution in [0.2, 0.25) is 0 Å². The summed E-state index contributed by atoms with van der Waals surface area (Å²) in [5.41, 5.74) is 2.00. The number of hydrogen-bond donors (Lipinski definition) is 0. The van der Waals surface area contributed by atoms with Crippen molar-refractivity contribution in [2.45, 2.75) is 25.3 Å². The van der Waals surface area contributed by atoms with E-state index in [0.717, 1.165) is 37.4 Å². The third kappa shape index (κ3) is 3.27. The van der Waals surface area contributed by atoms with E-state index in [1.54, 1.807) is 0 Å². The molecule has 1 fully saturated rings. The van der Waals surface area contributed by atoms with Crippen LogP contribution in [0.3, 0.4) is 0 Å². The van der Waals surface area contributed by atoms with E-state index in [1.807, 2.05) is 18.2 Å². The molecule has 0 aliphatic carbocycles. The molecule has 0 amide bonds. The summed E-state index contributed by atoms with van der Waals surface area (Å²) in [5, 5.41) is 0. The molecule has 4 nitrogen and oxygen atoms in total. The quantitative estimate of drug-likeness (QED) is 0.774. The van der Waals surface area contributed by atoms with Crippen LogP contribution in [0.25, 0.3) is 0 Å². The SMILES string of the molecule is CN(C)CC1CCCN1CC(=O)c1ccc2c(c1)CCO2. The highest BCUT2D eigenvalue weighted by molar-refractivity contribution is 5.98. The lowest BCUT2D eigenvalue weighted by Gasteiger charge is -2.26. The van der Waals surface area contributed by atoms with Gasteiger partial charge in [0.2, 0.25) is 0 Å². The Hall–Kier alpha value is -1.39. The van der Waals surface area contributed by atoms with Gasteiger partial charge in [0.15, 0.2) is 5.78 Å². The Labute approximate surface area is 126 Å². The predicted molar refractivity (Wildman–Crippen MR) is 83.1 cm³/mol. The predicted octanol–water partition coefficient (Wildman–Crippen LogP) is 1.83. The average Bonchev–Trinajstić information content (AvgIpc) is 3.06. The molecule has 2 aliphatic heterocycles. The first-order valence-corrected chi connectivity index (χ1v) is 7.81. The Morgan fingerprint density at radius 2 is 2.29 bits per heavy atom. The molecule has 0 aromatic heterocycles. The zero-order valence-electron chi connectivity index (χ0n) is 13.0.